The third kappa shape index (κ3) is 4.73. The molecule has 8 heteroatoms. The number of rotatable bonds is 8. The normalized spacial score (nSPS) is 13.0. The van der Waals surface area contributed by atoms with Crippen molar-refractivity contribution >= 4 is 17.0 Å². The van der Waals surface area contributed by atoms with E-state index in [4.69, 9.17) is 0 Å². The Labute approximate surface area is 159 Å². The van der Waals surface area contributed by atoms with Crippen LogP contribution >= 0.6 is 11.3 Å². The molecule has 0 fully saturated rings. The van der Waals surface area contributed by atoms with Gasteiger partial charge in [0.2, 0.25) is 6.54 Å². The van der Waals surface area contributed by atoms with Crippen molar-refractivity contribution in [1.82, 2.24) is 4.98 Å². The summed E-state index contributed by atoms with van der Waals surface area (Å²) in [4.78, 5) is 26.6. The lowest BCUT2D eigenvalue weighted by molar-refractivity contribution is -0.484. The topological polar surface area (TPSA) is 99.2 Å². The molecule has 0 saturated heterocycles. The highest BCUT2D eigenvalue weighted by molar-refractivity contribution is 7.10. The van der Waals surface area contributed by atoms with Crippen LogP contribution < -0.4 is 0 Å². The second kappa shape index (κ2) is 8.50. The molecule has 0 spiro atoms. The van der Waals surface area contributed by atoms with Gasteiger partial charge in [0.15, 0.2) is 0 Å². The zero-order valence-corrected chi connectivity index (χ0v) is 15.1. The second-order valence-electron chi connectivity index (χ2n) is 6.13. The van der Waals surface area contributed by atoms with Crippen LogP contribution in [-0.2, 0) is 6.42 Å². The Bertz CT molecular complexity index is 898. The van der Waals surface area contributed by atoms with Gasteiger partial charge in [-0.2, -0.15) is 0 Å². The number of hydrogen-bond acceptors (Lipinski definition) is 6. The van der Waals surface area contributed by atoms with Crippen LogP contribution in [-0.4, -0.2) is 21.4 Å². The molecule has 3 rings (SSSR count). The molecule has 2 aromatic heterocycles. The second-order valence-corrected chi connectivity index (χ2v) is 7.11. The molecule has 0 radical (unpaired) electrons. The molecule has 2 atom stereocenters. The number of thiophene rings is 1. The lowest BCUT2D eigenvalue weighted by Gasteiger charge is -2.23. The number of hydrogen-bond donors (Lipinski definition) is 0. The maximum Gasteiger partial charge on any atom is 0.287 e. The van der Waals surface area contributed by atoms with Crippen LogP contribution in [0, 0.1) is 20.2 Å². The van der Waals surface area contributed by atoms with E-state index in [0.717, 1.165) is 10.4 Å². The molecule has 0 amide bonds. The van der Waals surface area contributed by atoms with Crippen molar-refractivity contribution in [2.45, 2.75) is 18.3 Å². The maximum atomic E-state index is 11.3. The van der Waals surface area contributed by atoms with E-state index in [-0.39, 0.29) is 29.0 Å². The largest absolute Gasteiger partial charge is 0.287 e. The van der Waals surface area contributed by atoms with E-state index in [1.807, 2.05) is 47.8 Å². The number of nitrogens with zero attached hydrogens (tertiary/aromatic N) is 3. The molecule has 0 aliphatic rings. The molecule has 7 nitrogen and oxygen atoms in total. The SMILES string of the molecule is O=[N+]([O-])C[C@@H](c1cccs1)[C@H](Cc1ccccc1)c1ccc([N+](=O)[O-])cn1. The Morgan fingerprint density at radius 2 is 1.74 bits per heavy atom. The monoisotopic (exact) mass is 383 g/mol. The molecule has 1 aromatic carbocycles. The number of nitro groups is 2. The van der Waals surface area contributed by atoms with Crippen LogP contribution in [0.3, 0.4) is 0 Å². The van der Waals surface area contributed by atoms with Crippen LogP contribution in [0.1, 0.15) is 28.0 Å². The Morgan fingerprint density at radius 1 is 0.963 bits per heavy atom. The third-order valence-electron chi connectivity index (χ3n) is 4.40. The highest BCUT2D eigenvalue weighted by Crippen LogP contribution is 2.37. The van der Waals surface area contributed by atoms with Gasteiger partial charge in [-0.25, -0.2) is 0 Å². The highest BCUT2D eigenvalue weighted by atomic mass is 32.1. The summed E-state index contributed by atoms with van der Waals surface area (Å²) in [5, 5.41) is 24.1. The minimum absolute atomic E-state index is 0.0980. The maximum absolute atomic E-state index is 11.3. The van der Waals surface area contributed by atoms with Gasteiger partial charge in [0.05, 0.1) is 10.8 Å². The standard InChI is InChI=1S/C19H17N3O4S/c23-21(24)13-17(19-7-4-10-27-19)16(11-14-5-2-1-3-6-14)18-9-8-15(12-20-18)22(25)26/h1-10,12,16-17H,11,13H2/t16-,17+/m0/s1. The fourth-order valence-electron chi connectivity index (χ4n) is 3.12. The van der Waals surface area contributed by atoms with Crippen LogP contribution in [0.15, 0.2) is 66.2 Å². The molecule has 0 aliphatic heterocycles. The van der Waals surface area contributed by atoms with Crippen molar-refractivity contribution in [3.63, 3.8) is 0 Å². The first-order valence-electron chi connectivity index (χ1n) is 8.34. The van der Waals surface area contributed by atoms with Gasteiger partial charge in [-0.15, -0.1) is 11.3 Å². The van der Waals surface area contributed by atoms with Gasteiger partial charge in [-0.05, 0) is 29.5 Å². The smallest absolute Gasteiger partial charge is 0.265 e. The Hall–Kier alpha value is -3.13. The van der Waals surface area contributed by atoms with Crippen LogP contribution in [0.2, 0.25) is 0 Å². The van der Waals surface area contributed by atoms with Gasteiger partial charge < -0.3 is 0 Å². The van der Waals surface area contributed by atoms with Gasteiger partial charge in [-0.1, -0.05) is 36.4 Å². The summed E-state index contributed by atoms with van der Waals surface area (Å²) in [6, 6.07) is 16.5. The molecule has 3 aromatic rings. The quantitative estimate of drug-likeness (QED) is 0.423. The summed E-state index contributed by atoms with van der Waals surface area (Å²) >= 11 is 1.47. The Kier molecular flexibility index (Phi) is 5.87. The molecular weight excluding hydrogens is 366 g/mol. The molecule has 138 valence electrons. The molecule has 2 heterocycles. The number of pyridine rings is 1. The predicted octanol–water partition coefficient (Wildman–Crippen LogP) is 4.44. The van der Waals surface area contributed by atoms with Gasteiger partial charge >= 0.3 is 0 Å². The van der Waals surface area contributed by atoms with E-state index in [1.54, 1.807) is 6.07 Å². The lowest BCUT2D eigenvalue weighted by atomic mass is 9.83. The molecule has 0 aliphatic carbocycles. The van der Waals surface area contributed by atoms with Crippen molar-refractivity contribution < 1.29 is 9.85 Å². The summed E-state index contributed by atoms with van der Waals surface area (Å²) in [7, 11) is 0. The van der Waals surface area contributed by atoms with Crippen molar-refractivity contribution in [3.05, 3.63) is 103 Å². The molecule has 27 heavy (non-hydrogen) atoms. The van der Waals surface area contributed by atoms with Crippen LogP contribution in [0.5, 0.6) is 0 Å². The van der Waals surface area contributed by atoms with E-state index in [0.29, 0.717) is 12.1 Å². The van der Waals surface area contributed by atoms with Gasteiger partial charge in [0.1, 0.15) is 6.20 Å². The summed E-state index contributed by atoms with van der Waals surface area (Å²) < 4.78 is 0. The van der Waals surface area contributed by atoms with Crippen molar-refractivity contribution in [1.29, 1.82) is 0 Å². The van der Waals surface area contributed by atoms with Gasteiger partial charge in [0.25, 0.3) is 5.69 Å². The number of benzene rings is 1. The van der Waals surface area contributed by atoms with Gasteiger partial charge in [-0.3, -0.25) is 25.2 Å². The van der Waals surface area contributed by atoms with E-state index in [9.17, 15) is 20.2 Å². The summed E-state index contributed by atoms with van der Waals surface area (Å²) in [6.07, 6.45) is 1.77. The van der Waals surface area contributed by atoms with E-state index in [1.165, 1.54) is 23.6 Å². The summed E-state index contributed by atoms with van der Waals surface area (Å²) in [6.45, 7) is -0.226. The molecular formula is C19H17N3O4S. The van der Waals surface area contributed by atoms with E-state index < -0.39 is 4.92 Å². The molecule has 0 unspecified atom stereocenters. The fourth-order valence-corrected chi connectivity index (χ4v) is 4.01. The van der Waals surface area contributed by atoms with Crippen molar-refractivity contribution in [3.8, 4) is 0 Å². The first-order valence-corrected chi connectivity index (χ1v) is 9.22. The van der Waals surface area contributed by atoms with Crippen molar-refractivity contribution in [2.24, 2.45) is 0 Å². The predicted molar refractivity (Wildman–Crippen MR) is 103 cm³/mol. The van der Waals surface area contributed by atoms with Crippen molar-refractivity contribution in [2.75, 3.05) is 6.54 Å². The van der Waals surface area contributed by atoms with E-state index in [2.05, 4.69) is 4.98 Å². The molecule has 0 saturated carbocycles. The minimum atomic E-state index is -0.503. The van der Waals surface area contributed by atoms with Gasteiger partial charge in [0, 0.05) is 27.5 Å². The highest BCUT2D eigenvalue weighted by Gasteiger charge is 2.31. The molecule has 0 bridgehead atoms. The van der Waals surface area contributed by atoms with Crippen LogP contribution in [0.4, 0.5) is 5.69 Å². The Morgan fingerprint density at radius 3 is 2.30 bits per heavy atom. The Balaban J connectivity index is 2.01. The third-order valence-corrected chi connectivity index (χ3v) is 5.40. The first kappa shape index (κ1) is 18.7. The van der Waals surface area contributed by atoms with Crippen LogP contribution in [0.25, 0.3) is 0 Å². The van der Waals surface area contributed by atoms with E-state index >= 15 is 0 Å². The fraction of sp³-hybridized carbons (Fsp3) is 0.211. The zero-order valence-electron chi connectivity index (χ0n) is 14.3. The summed E-state index contributed by atoms with van der Waals surface area (Å²) in [5.41, 5.74) is 1.55. The average molecular weight is 383 g/mol. The lowest BCUT2D eigenvalue weighted by Crippen LogP contribution is -2.22. The molecule has 0 N–H and O–H groups in total. The average Bonchev–Trinajstić information content (AvgIpc) is 3.20. The summed E-state index contributed by atoms with van der Waals surface area (Å²) in [5.74, 6) is -0.633. The number of aromatic nitrogens is 1. The minimum Gasteiger partial charge on any atom is -0.265 e. The first-order chi connectivity index (χ1) is 13.0. The zero-order chi connectivity index (χ0) is 19.2.